The quantitative estimate of drug-likeness (QED) is 0.483. The summed E-state index contributed by atoms with van der Waals surface area (Å²) >= 11 is 2.89. The summed E-state index contributed by atoms with van der Waals surface area (Å²) in [7, 11) is 0. The number of rotatable bonds is 6. The van der Waals surface area contributed by atoms with Crippen LogP contribution >= 0.6 is 23.1 Å². The number of carboxylic acids is 1. The van der Waals surface area contributed by atoms with Crippen molar-refractivity contribution in [3.05, 3.63) is 10.6 Å². The van der Waals surface area contributed by atoms with Gasteiger partial charge in [-0.05, 0) is 13.3 Å². The number of aromatic nitrogens is 1. The van der Waals surface area contributed by atoms with Gasteiger partial charge in [0.25, 0.3) is 0 Å². The molecule has 16 heavy (non-hydrogen) atoms. The predicted molar refractivity (Wildman–Crippen MR) is 64.4 cm³/mol. The summed E-state index contributed by atoms with van der Waals surface area (Å²) in [6.45, 7) is 3.34. The highest BCUT2D eigenvalue weighted by molar-refractivity contribution is 8.01. The zero-order valence-corrected chi connectivity index (χ0v) is 10.8. The van der Waals surface area contributed by atoms with Crippen molar-refractivity contribution in [3.63, 3.8) is 0 Å². The molecule has 0 bridgehead atoms. The normalized spacial score (nSPS) is 10.4. The van der Waals surface area contributed by atoms with Crippen molar-refractivity contribution in [2.45, 2.75) is 31.0 Å². The van der Waals surface area contributed by atoms with Gasteiger partial charge in [-0.15, -0.1) is 11.3 Å². The van der Waals surface area contributed by atoms with E-state index in [0.29, 0.717) is 11.3 Å². The monoisotopic (exact) mass is 259 g/mol. The molecule has 0 radical (unpaired) electrons. The molecule has 0 saturated carbocycles. The number of thioether (sulfide) groups is 1. The number of ketones is 1. The first kappa shape index (κ1) is 13.2. The molecule has 6 heteroatoms. The van der Waals surface area contributed by atoms with Crippen molar-refractivity contribution in [2.24, 2.45) is 0 Å². The van der Waals surface area contributed by atoms with Gasteiger partial charge in [0.2, 0.25) is 0 Å². The largest absolute Gasteiger partial charge is 0.481 e. The van der Waals surface area contributed by atoms with Crippen LogP contribution in [0.4, 0.5) is 0 Å². The molecule has 0 unspecified atom stereocenters. The maximum Gasteiger partial charge on any atom is 0.303 e. The lowest BCUT2D eigenvalue weighted by atomic mass is 10.3. The molecule has 88 valence electrons. The molecule has 0 saturated heterocycles. The third-order valence-corrected chi connectivity index (χ3v) is 4.34. The van der Waals surface area contributed by atoms with E-state index >= 15 is 0 Å². The second-order valence-corrected chi connectivity index (χ2v) is 5.64. The minimum atomic E-state index is -0.777. The highest BCUT2D eigenvalue weighted by Crippen LogP contribution is 2.28. The van der Waals surface area contributed by atoms with Gasteiger partial charge >= 0.3 is 5.97 Å². The Labute approximate surface area is 102 Å². The van der Waals surface area contributed by atoms with E-state index in [1.165, 1.54) is 30.0 Å². The van der Waals surface area contributed by atoms with E-state index in [1.807, 2.05) is 6.92 Å². The Morgan fingerprint density at radius 1 is 1.50 bits per heavy atom. The van der Waals surface area contributed by atoms with Crippen LogP contribution in [-0.4, -0.2) is 27.6 Å². The summed E-state index contributed by atoms with van der Waals surface area (Å²) in [5.41, 5.74) is 0.762. The van der Waals surface area contributed by atoms with Crippen LogP contribution in [0.3, 0.4) is 0 Å². The molecule has 1 rings (SSSR count). The maximum absolute atomic E-state index is 11.2. The van der Waals surface area contributed by atoms with Crippen molar-refractivity contribution in [1.29, 1.82) is 0 Å². The van der Waals surface area contributed by atoms with E-state index < -0.39 is 5.97 Å². The lowest BCUT2D eigenvalue weighted by Crippen LogP contribution is -1.94. The van der Waals surface area contributed by atoms with Crippen molar-refractivity contribution >= 4 is 34.9 Å². The molecule has 0 aliphatic heterocycles. The molecular formula is C10H13NO3S2. The fraction of sp³-hybridized carbons (Fsp3) is 0.500. The number of nitrogens with zero attached hydrogens (tertiary/aromatic N) is 1. The molecule has 1 aromatic heterocycles. The molecule has 0 aliphatic carbocycles. The second-order valence-electron chi connectivity index (χ2n) is 3.30. The van der Waals surface area contributed by atoms with Crippen LogP contribution in [-0.2, 0) is 4.79 Å². The van der Waals surface area contributed by atoms with Gasteiger partial charge in [-0.1, -0.05) is 11.8 Å². The number of carboxylic acid groups (broad SMARTS) is 1. The fourth-order valence-corrected chi connectivity index (χ4v) is 3.24. The van der Waals surface area contributed by atoms with Crippen LogP contribution in [0.1, 0.15) is 35.1 Å². The molecule has 0 amide bonds. The van der Waals surface area contributed by atoms with E-state index in [9.17, 15) is 9.59 Å². The second kappa shape index (κ2) is 6.00. The SMILES string of the molecule is CC(=O)c1sc(SCCCC(=O)O)nc1C. The highest BCUT2D eigenvalue weighted by atomic mass is 32.2. The minimum Gasteiger partial charge on any atom is -0.481 e. The van der Waals surface area contributed by atoms with Gasteiger partial charge in [-0.25, -0.2) is 4.98 Å². The van der Waals surface area contributed by atoms with Crippen LogP contribution in [0.25, 0.3) is 0 Å². The zero-order valence-electron chi connectivity index (χ0n) is 9.15. The number of aliphatic carboxylic acids is 1. The average molecular weight is 259 g/mol. The van der Waals surface area contributed by atoms with Gasteiger partial charge in [0.1, 0.15) is 0 Å². The first-order valence-electron chi connectivity index (χ1n) is 4.83. The van der Waals surface area contributed by atoms with Crippen molar-refractivity contribution in [2.75, 3.05) is 5.75 Å². The van der Waals surface area contributed by atoms with Gasteiger partial charge in [0.05, 0.1) is 10.6 Å². The molecule has 1 aromatic rings. The molecule has 0 fully saturated rings. The smallest absolute Gasteiger partial charge is 0.303 e. The standard InChI is InChI=1S/C10H13NO3S2/c1-6-9(7(2)12)16-10(11-6)15-5-3-4-8(13)14/h3-5H2,1-2H3,(H,13,14). The zero-order chi connectivity index (χ0) is 12.1. The number of carbonyl (C=O) groups is 2. The van der Waals surface area contributed by atoms with Crippen LogP contribution < -0.4 is 0 Å². The van der Waals surface area contributed by atoms with Crippen molar-refractivity contribution in [3.8, 4) is 0 Å². The third kappa shape index (κ3) is 3.94. The predicted octanol–water partition coefficient (Wildman–Crippen LogP) is 2.61. The molecule has 1 heterocycles. The van der Waals surface area contributed by atoms with Crippen LogP contribution in [0.15, 0.2) is 4.34 Å². The number of Topliss-reactive ketones (excluding diaryl/α,β-unsaturated/α-hetero) is 1. The lowest BCUT2D eigenvalue weighted by Gasteiger charge is -1.94. The third-order valence-electron chi connectivity index (χ3n) is 1.86. The van der Waals surface area contributed by atoms with E-state index in [2.05, 4.69) is 4.98 Å². The average Bonchev–Trinajstić information content (AvgIpc) is 2.54. The van der Waals surface area contributed by atoms with Crippen molar-refractivity contribution < 1.29 is 14.7 Å². The highest BCUT2D eigenvalue weighted by Gasteiger charge is 2.11. The van der Waals surface area contributed by atoms with E-state index in [0.717, 1.165) is 15.8 Å². The Kier molecular flexibility index (Phi) is 4.95. The summed E-state index contributed by atoms with van der Waals surface area (Å²) in [5.74, 6) is -0.0240. The first-order valence-corrected chi connectivity index (χ1v) is 6.64. The molecule has 0 atom stereocenters. The number of hydrogen-bond donors (Lipinski definition) is 1. The summed E-state index contributed by atoms with van der Waals surface area (Å²) in [4.78, 5) is 26.4. The topological polar surface area (TPSA) is 67.3 Å². The summed E-state index contributed by atoms with van der Waals surface area (Å²) in [5, 5.41) is 8.46. The summed E-state index contributed by atoms with van der Waals surface area (Å²) in [6.07, 6.45) is 0.797. The minimum absolute atomic E-state index is 0.0346. The van der Waals surface area contributed by atoms with Crippen molar-refractivity contribution in [1.82, 2.24) is 4.98 Å². The number of hydrogen-bond acceptors (Lipinski definition) is 5. The van der Waals surface area contributed by atoms with Gasteiger partial charge in [-0.3, -0.25) is 9.59 Å². The van der Waals surface area contributed by atoms with Gasteiger partial charge < -0.3 is 5.11 Å². The number of thiazole rings is 1. The summed E-state index contributed by atoms with van der Waals surface area (Å²) in [6, 6.07) is 0. The fourth-order valence-electron chi connectivity index (χ4n) is 1.14. The Bertz CT molecular complexity index is 401. The summed E-state index contributed by atoms with van der Waals surface area (Å²) < 4.78 is 0.841. The van der Waals surface area contributed by atoms with E-state index in [-0.39, 0.29) is 12.2 Å². The molecule has 0 aliphatic rings. The van der Waals surface area contributed by atoms with Crippen LogP contribution in [0.2, 0.25) is 0 Å². The lowest BCUT2D eigenvalue weighted by molar-refractivity contribution is -0.137. The molecule has 4 nitrogen and oxygen atoms in total. The Morgan fingerprint density at radius 2 is 2.19 bits per heavy atom. The van der Waals surface area contributed by atoms with E-state index in [1.54, 1.807) is 0 Å². The van der Waals surface area contributed by atoms with Crippen LogP contribution in [0.5, 0.6) is 0 Å². The Hall–Kier alpha value is -0.880. The molecule has 0 spiro atoms. The first-order chi connectivity index (χ1) is 7.50. The molecule has 1 N–H and O–H groups in total. The number of aryl methyl sites for hydroxylation is 1. The maximum atomic E-state index is 11.2. The molecular weight excluding hydrogens is 246 g/mol. The van der Waals surface area contributed by atoms with Crippen LogP contribution in [0, 0.1) is 6.92 Å². The van der Waals surface area contributed by atoms with Gasteiger partial charge in [0, 0.05) is 19.1 Å². The molecule has 0 aromatic carbocycles. The van der Waals surface area contributed by atoms with Gasteiger partial charge in [-0.2, -0.15) is 0 Å². The Balaban J connectivity index is 2.46. The number of carbonyl (C=O) groups excluding carboxylic acids is 1. The Morgan fingerprint density at radius 3 is 2.69 bits per heavy atom. The van der Waals surface area contributed by atoms with Gasteiger partial charge in [0.15, 0.2) is 10.1 Å². The van der Waals surface area contributed by atoms with E-state index in [4.69, 9.17) is 5.11 Å².